The van der Waals surface area contributed by atoms with Crippen LogP contribution in [0.25, 0.3) is 0 Å². The number of nitrogens with two attached hydrogens (primary N) is 1. The summed E-state index contributed by atoms with van der Waals surface area (Å²) in [6.07, 6.45) is 3.66. The lowest BCUT2D eigenvalue weighted by atomic mass is 9.91. The van der Waals surface area contributed by atoms with Gasteiger partial charge >= 0.3 is 5.97 Å². The summed E-state index contributed by atoms with van der Waals surface area (Å²) >= 11 is 0. The molecule has 1 amide bonds. The number of amides is 1. The Balaban J connectivity index is 2.10. The number of carbonyl (C=O) groups excluding carboxylic acids is 1. The number of benzene rings is 1. The van der Waals surface area contributed by atoms with Crippen LogP contribution in [0.4, 0.5) is 5.69 Å². The van der Waals surface area contributed by atoms with Crippen LogP contribution in [0.3, 0.4) is 0 Å². The second kappa shape index (κ2) is 5.53. The Bertz CT molecular complexity index is 743. The van der Waals surface area contributed by atoms with Gasteiger partial charge in [-0.05, 0) is 50.3 Å². The summed E-state index contributed by atoms with van der Waals surface area (Å²) < 4.78 is 6.02. The van der Waals surface area contributed by atoms with Crippen molar-refractivity contribution in [2.24, 2.45) is 10.7 Å². The monoisotopic (exact) mass is 314 g/mol. The molecule has 6 nitrogen and oxygen atoms in total. The molecule has 0 unspecified atom stereocenters. The van der Waals surface area contributed by atoms with E-state index in [1.54, 1.807) is 18.2 Å². The van der Waals surface area contributed by atoms with Crippen molar-refractivity contribution in [1.29, 1.82) is 0 Å². The zero-order chi connectivity index (χ0) is 16.6. The van der Waals surface area contributed by atoms with Gasteiger partial charge in [0.15, 0.2) is 0 Å². The summed E-state index contributed by atoms with van der Waals surface area (Å²) in [5.41, 5.74) is 6.37. The zero-order valence-corrected chi connectivity index (χ0v) is 12.8. The third-order valence-electron chi connectivity index (χ3n) is 4.58. The Hall–Kier alpha value is -2.63. The van der Waals surface area contributed by atoms with Gasteiger partial charge in [0, 0.05) is 0 Å². The minimum atomic E-state index is -1.08. The number of ether oxygens (including phenoxy) is 1. The van der Waals surface area contributed by atoms with E-state index < -0.39 is 17.5 Å². The SMILES string of the molecule is CC1=C(C(N)=O)C(=Nc2ccccc2C(=O)O)OC12CCCC2. The fraction of sp³-hybridized carbons (Fsp3) is 0.353. The van der Waals surface area contributed by atoms with Crippen LogP contribution in [-0.2, 0) is 9.53 Å². The van der Waals surface area contributed by atoms with Crippen molar-refractivity contribution in [2.45, 2.75) is 38.2 Å². The van der Waals surface area contributed by atoms with Gasteiger partial charge in [-0.15, -0.1) is 0 Å². The van der Waals surface area contributed by atoms with Crippen molar-refractivity contribution in [3.05, 3.63) is 41.0 Å². The van der Waals surface area contributed by atoms with Gasteiger partial charge in [0.05, 0.1) is 11.3 Å². The van der Waals surface area contributed by atoms with Crippen molar-refractivity contribution in [3.63, 3.8) is 0 Å². The van der Waals surface area contributed by atoms with Crippen molar-refractivity contribution < 1.29 is 19.4 Å². The minimum absolute atomic E-state index is 0.0532. The summed E-state index contributed by atoms with van der Waals surface area (Å²) in [6.45, 7) is 1.84. The van der Waals surface area contributed by atoms with Gasteiger partial charge in [0.2, 0.25) is 5.90 Å². The van der Waals surface area contributed by atoms with E-state index in [1.807, 2.05) is 6.92 Å². The van der Waals surface area contributed by atoms with Gasteiger partial charge in [-0.25, -0.2) is 9.79 Å². The topological polar surface area (TPSA) is 102 Å². The first kappa shape index (κ1) is 15.3. The Kier molecular flexibility index (Phi) is 3.67. The van der Waals surface area contributed by atoms with Crippen LogP contribution in [0.1, 0.15) is 43.0 Å². The highest BCUT2D eigenvalue weighted by Gasteiger charge is 2.47. The van der Waals surface area contributed by atoms with Crippen molar-refractivity contribution in [3.8, 4) is 0 Å². The number of primary amides is 1. The number of carbonyl (C=O) groups is 2. The molecule has 120 valence electrons. The molecule has 0 atom stereocenters. The van der Waals surface area contributed by atoms with Crippen LogP contribution in [0.2, 0.25) is 0 Å². The zero-order valence-electron chi connectivity index (χ0n) is 12.8. The molecule has 3 N–H and O–H groups in total. The molecule has 6 heteroatoms. The summed E-state index contributed by atoms with van der Waals surface area (Å²) in [5, 5.41) is 9.26. The molecule has 23 heavy (non-hydrogen) atoms. The molecule has 1 aliphatic heterocycles. The summed E-state index contributed by atoms with van der Waals surface area (Å²) in [4.78, 5) is 27.5. The van der Waals surface area contributed by atoms with Gasteiger partial charge in [0.25, 0.3) is 5.91 Å². The van der Waals surface area contributed by atoms with Crippen LogP contribution in [0, 0.1) is 0 Å². The normalized spacial score (nSPS) is 21.0. The molecule has 1 aromatic rings. The molecular formula is C17H18N2O4. The Morgan fingerprint density at radius 1 is 1.26 bits per heavy atom. The first-order valence-corrected chi connectivity index (χ1v) is 7.56. The van der Waals surface area contributed by atoms with Gasteiger partial charge in [-0.1, -0.05) is 12.1 Å². The van der Waals surface area contributed by atoms with Crippen molar-refractivity contribution >= 4 is 23.5 Å². The van der Waals surface area contributed by atoms with Crippen LogP contribution >= 0.6 is 0 Å². The molecule has 1 saturated carbocycles. The Labute approximate surface area is 133 Å². The number of aliphatic imine (C=N–C) groups is 1. The fourth-order valence-electron chi connectivity index (χ4n) is 3.35. The second-order valence-corrected chi connectivity index (χ2v) is 5.91. The highest BCUT2D eigenvalue weighted by Crippen LogP contribution is 2.45. The molecule has 1 spiro atoms. The largest absolute Gasteiger partial charge is 0.478 e. The Morgan fingerprint density at radius 2 is 1.91 bits per heavy atom. The highest BCUT2D eigenvalue weighted by molar-refractivity contribution is 6.21. The molecule has 1 fully saturated rings. The molecule has 1 heterocycles. The van der Waals surface area contributed by atoms with Gasteiger partial charge in [0.1, 0.15) is 11.2 Å². The quantitative estimate of drug-likeness (QED) is 0.895. The van der Waals surface area contributed by atoms with E-state index in [4.69, 9.17) is 10.5 Å². The molecule has 0 saturated heterocycles. The number of hydrogen-bond acceptors (Lipinski definition) is 4. The van der Waals surface area contributed by atoms with E-state index in [9.17, 15) is 14.7 Å². The number of rotatable bonds is 3. The first-order chi connectivity index (χ1) is 10.9. The minimum Gasteiger partial charge on any atom is -0.478 e. The molecule has 0 bridgehead atoms. The molecule has 0 radical (unpaired) electrons. The van der Waals surface area contributed by atoms with Crippen LogP contribution in [0.15, 0.2) is 40.4 Å². The van der Waals surface area contributed by atoms with E-state index in [1.165, 1.54) is 6.07 Å². The number of aromatic carboxylic acids is 1. The number of carboxylic acids is 1. The molecule has 0 aromatic heterocycles. The maximum absolute atomic E-state index is 11.9. The lowest BCUT2D eigenvalue weighted by Gasteiger charge is -2.24. The van der Waals surface area contributed by atoms with Crippen LogP contribution in [0.5, 0.6) is 0 Å². The highest BCUT2D eigenvalue weighted by atomic mass is 16.5. The predicted octanol–water partition coefficient (Wildman–Crippen LogP) is 2.56. The Morgan fingerprint density at radius 3 is 2.52 bits per heavy atom. The average Bonchev–Trinajstić information content (AvgIpc) is 3.06. The van der Waals surface area contributed by atoms with Crippen LogP contribution in [-0.4, -0.2) is 28.5 Å². The lowest BCUT2D eigenvalue weighted by Crippen LogP contribution is -2.26. The number of carboxylic acid groups (broad SMARTS) is 1. The van der Waals surface area contributed by atoms with E-state index in [0.717, 1.165) is 31.3 Å². The molecule has 1 aromatic carbocycles. The first-order valence-electron chi connectivity index (χ1n) is 7.56. The third-order valence-corrected chi connectivity index (χ3v) is 4.58. The van der Waals surface area contributed by atoms with E-state index in [-0.39, 0.29) is 22.7 Å². The van der Waals surface area contributed by atoms with Gasteiger partial charge < -0.3 is 15.6 Å². The van der Waals surface area contributed by atoms with Crippen molar-refractivity contribution in [1.82, 2.24) is 0 Å². The summed E-state index contributed by atoms with van der Waals surface area (Å²) in [7, 11) is 0. The molecule has 1 aliphatic carbocycles. The molecular weight excluding hydrogens is 296 g/mol. The van der Waals surface area contributed by atoms with Crippen LogP contribution < -0.4 is 5.73 Å². The smallest absolute Gasteiger partial charge is 0.337 e. The predicted molar refractivity (Wildman–Crippen MR) is 84.7 cm³/mol. The molecule has 2 aliphatic rings. The second-order valence-electron chi connectivity index (χ2n) is 5.91. The lowest BCUT2D eigenvalue weighted by molar-refractivity contribution is -0.114. The third kappa shape index (κ3) is 2.50. The average molecular weight is 314 g/mol. The fourth-order valence-corrected chi connectivity index (χ4v) is 3.35. The summed E-state index contributed by atoms with van der Waals surface area (Å²) in [6, 6.07) is 6.35. The molecule has 3 rings (SSSR count). The van der Waals surface area contributed by atoms with E-state index in [0.29, 0.717) is 0 Å². The number of para-hydroxylation sites is 1. The standard InChI is InChI=1S/C17H18N2O4/c1-10-13(14(18)20)15(23-17(10)8-4-5-9-17)19-12-7-3-2-6-11(12)16(21)22/h2-3,6-7H,4-5,8-9H2,1H3,(H2,18,20)(H,21,22). The van der Waals surface area contributed by atoms with E-state index >= 15 is 0 Å². The van der Waals surface area contributed by atoms with E-state index in [2.05, 4.69) is 4.99 Å². The maximum Gasteiger partial charge on any atom is 0.337 e. The number of nitrogens with zero attached hydrogens (tertiary/aromatic N) is 1. The van der Waals surface area contributed by atoms with Crippen molar-refractivity contribution in [2.75, 3.05) is 0 Å². The van der Waals surface area contributed by atoms with Gasteiger partial charge in [-0.2, -0.15) is 0 Å². The summed E-state index contributed by atoms with van der Waals surface area (Å²) in [5.74, 6) is -1.55. The number of hydrogen-bond donors (Lipinski definition) is 2. The van der Waals surface area contributed by atoms with Gasteiger partial charge in [-0.3, -0.25) is 4.79 Å². The maximum atomic E-state index is 11.9.